The number of aryl methyl sites for hydroxylation is 1. The molecule has 2 aromatic rings. The van der Waals surface area contributed by atoms with Gasteiger partial charge >= 0.3 is 0 Å². The number of aromatic nitrogens is 2. The highest BCUT2D eigenvalue weighted by Gasteiger charge is 1.96. The molecule has 3 heteroatoms. The molecule has 0 spiro atoms. The molecule has 0 saturated heterocycles. The molecule has 3 nitrogen and oxygen atoms in total. The molecule has 0 aliphatic rings. The molecule has 2 rings (SSSR count). The Labute approximate surface area is 112 Å². The van der Waals surface area contributed by atoms with Crippen LogP contribution in [0.15, 0.2) is 53.8 Å². The van der Waals surface area contributed by atoms with Crippen LogP contribution in [0.3, 0.4) is 0 Å². The molecule has 19 heavy (non-hydrogen) atoms. The Kier molecular flexibility index (Phi) is 4.08. The van der Waals surface area contributed by atoms with Crippen LogP contribution in [-0.4, -0.2) is 9.78 Å². The lowest BCUT2D eigenvalue weighted by molar-refractivity contribution is 0.649. The van der Waals surface area contributed by atoms with Crippen molar-refractivity contribution in [1.29, 1.82) is 0 Å². The van der Waals surface area contributed by atoms with E-state index in [1.807, 2.05) is 24.3 Å². The van der Waals surface area contributed by atoms with Crippen molar-refractivity contribution >= 4 is 12.2 Å². The van der Waals surface area contributed by atoms with Crippen LogP contribution in [-0.2, 0) is 6.54 Å². The van der Waals surface area contributed by atoms with E-state index in [0.717, 1.165) is 11.3 Å². The Morgan fingerprint density at radius 1 is 1.16 bits per heavy atom. The van der Waals surface area contributed by atoms with E-state index in [0.29, 0.717) is 6.54 Å². The van der Waals surface area contributed by atoms with Crippen molar-refractivity contribution in [2.24, 2.45) is 0 Å². The van der Waals surface area contributed by atoms with Gasteiger partial charge in [-0.3, -0.25) is 4.79 Å². The first kappa shape index (κ1) is 13.0. The minimum Gasteiger partial charge on any atom is -0.268 e. The predicted octanol–water partition coefficient (Wildman–Crippen LogP) is 2.91. The van der Waals surface area contributed by atoms with Gasteiger partial charge < -0.3 is 0 Å². The zero-order valence-electron chi connectivity index (χ0n) is 10.9. The van der Waals surface area contributed by atoms with Crippen LogP contribution in [0.25, 0.3) is 12.2 Å². The van der Waals surface area contributed by atoms with Crippen LogP contribution in [0.4, 0.5) is 0 Å². The highest BCUT2D eigenvalue weighted by atomic mass is 16.1. The van der Waals surface area contributed by atoms with Crippen LogP contribution in [0.5, 0.6) is 0 Å². The van der Waals surface area contributed by atoms with E-state index in [2.05, 4.69) is 30.7 Å². The van der Waals surface area contributed by atoms with Crippen molar-refractivity contribution < 1.29 is 0 Å². The molecule has 0 aliphatic heterocycles. The van der Waals surface area contributed by atoms with Crippen molar-refractivity contribution in [3.63, 3.8) is 0 Å². The summed E-state index contributed by atoms with van der Waals surface area (Å²) in [7, 11) is 0. The van der Waals surface area contributed by atoms with Gasteiger partial charge in [0, 0.05) is 6.07 Å². The predicted molar refractivity (Wildman–Crippen MR) is 78.8 cm³/mol. The lowest BCUT2D eigenvalue weighted by atomic mass is 10.1. The Balaban J connectivity index is 2.23. The van der Waals surface area contributed by atoms with Crippen molar-refractivity contribution in [2.45, 2.75) is 13.5 Å². The summed E-state index contributed by atoms with van der Waals surface area (Å²) in [4.78, 5) is 11.5. The van der Waals surface area contributed by atoms with Gasteiger partial charge in [0.05, 0.1) is 12.2 Å². The van der Waals surface area contributed by atoms with E-state index in [1.165, 1.54) is 16.3 Å². The molecule has 0 bridgehead atoms. The van der Waals surface area contributed by atoms with Crippen molar-refractivity contribution in [3.8, 4) is 0 Å². The summed E-state index contributed by atoms with van der Waals surface area (Å²) in [5, 5.41) is 4.24. The minimum atomic E-state index is -0.118. The fourth-order valence-corrected chi connectivity index (χ4v) is 1.67. The molecule has 0 aliphatic carbocycles. The fraction of sp³-hybridized carbons (Fsp3) is 0.125. The first-order valence-electron chi connectivity index (χ1n) is 6.13. The van der Waals surface area contributed by atoms with E-state index < -0.39 is 0 Å². The third-order valence-corrected chi connectivity index (χ3v) is 2.71. The summed E-state index contributed by atoms with van der Waals surface area (Å²) < 4.78 is 1.39. The molecule has 0 saturated carbocycles. The number of hydrogen-bond donors (Lipinski definition) is 0. The van der Waals surface area contributed by atoms with E-state index in [9.17, 15) is 4.79 Å². The lowest BCUT2D eigenvalue weighted by Gasteiger charge is -2.01. The van der Waals surface area contributed by atoms with Gasteiger partial charge in [0.25, 0.3) is 5.56 Å². The maximum absolute atomic E-state index is 11.5. The third-order valence-electron chi connectivity index (χ3n) is 2.71. The van der Waals surface area contributed by atoms with Gasteiger partial charge in [-0.05, 0) is 24.6 Å². The molecule has 0 amide bonds. The van der Waals surface area contributed by atoms with Crippen molar-refractivity contribution in [3.05, 3.63) is 76.2 Å². The number of hydrogen-bond acceptors (Lipinski definition) is 2. The Morgan fingerprint density at radius 2 is 1.89 bits per heavy atom. The van der Waals surface area contributed by atoms with E-state index in [-0.39, 0.29) is 5.56 Å². The summed E-state index contributed by atoms with van der Waals surface area (Å²) in [5.74, 6) is 0. The summed E-state index contributed by atoms with van der Waals surface area (Å²) in [6.07, 6.45) is 5.52. The summed E-state index contributed by atoms with van der Waals surface area (Å²) in [5.41, 5.74) is 2.97. The average molecular weight is 252 g/mol. The summed E-state index contributed by atoms with van der Waals surface area (Å²) >= 11 is 0. The van der Waals surface area contributed by atoms with Gasteiger partial charge in [0.1, 0.15) is 0 Å². The Hall–Kier alpha value is -2.42. The molecule has 0 fully saturated rings. The number of benzene rings is 1. The molecule has 0 atom stereocenters. The van der Waals surface area contributed by atoms with Gasteiger partial charge in [-0.25, -0.2) is 4.68 Å². The Morgan fingerprint density at radius 3 is 2.58 bits per heavy atom. The topological polar surface area (TPSA) is 34.9 Å². The normalized spacial score (nSPS) is 10.8. The molecule has 1 aromatic carbocycles. The first-order chi connectivity index (χ1) is 9.19. The van der Waals surface area contributed by atoms with Crippen molar-refractivity contribution in [1.82, 2.24) is 9.78 Å². The average Bonchev–Trinajstić information content (AvgIpc) is 2.42. The van der Waals surface area contributed by atoms with Crippen LogP contribution in [0, 0.1) is 6.92 Å². The van der Waals surface area contributed by atoms with Gasteiger partial charge in [-0.1, -0.05) is 42.0 Å². The van der Waals surface area contributed by atoms with Gasteiger partial charge in [0.2, 0.25) is 0 Å². The van der Waals surface area contributed by atoms with E-state index in [1.54, 1.807) is 12.1 Å². The third kappa shape index (κ3) is 3.52. The van der Waals surface area contributed by atoms with Crippen LogP contribution >= 0.6 is 0 Å². The SMILES string of the molecule is C=CCn1nc(/C=C/c2ccc(C)cc2)ccc1=O. The molecule has 0 N–H and O–H groups in total. The molecule has 0 radical (unpaired) electrons. The monoisotopic (exact) mass is 252 g/mol. The number of allylic oxidation sites excluding steroid dienone is 1. The molecule has 1 heterocycles. The minimum absolute atomic E-state index is 0.118. The van der Waals surface area contributed by atoms with Crippen LogP contribution < -0.4 is 5.56 Å². The summed E-state index contributed by atoms with van der Waals surface area (Å²) in [6, 6.07) is 11.5. The smallest absolute Gasteiger partial charge is 0.267 e. The second-order valence-corrected chi connectivity index (χ2v) is 4.31. The van der Waals surface area contributed by atoms with Crippen molar-refractivity contribution in [2.75, 3.05) is 0 Å². The summed E-state index contributed by atoms with van der Waals surface area (Å²) in [6.45, 7) is 6.09. The second-order valence-electron chi connectivity index (χ2n) is 4.31. The maximum atomic E-state index is 11.5. The van der Waals surface area contributed by atoms with Crippen LogP contribution in [0.2, 0.25) is 0 Å². The van der Waals surface area contributed by atoms with Gasteiger partial charge in [-0.15, -0.1) is 6.58 Å². The number of nitrogens with zero attached hydrogens (tertiary/aromatic N) is 2. The van der Waals surface area contributed by atoms with Gasteiger partial charge in [0.15, 0.2) is 0 Å². The maximum Gasteiger partial charge on any atom is 0.267 e. The lowest BCUT2D eigenvalue weighted by Crippen LogP contribution is -2.21. The first-order valence-corrected chi connectivity index (χ1v) is 6.13. The van der Waals surface area contributed by atoms with Crippen LogP contribution in [0.1, 0.15) is 16.8 Å². The van der Waals surface area contributed by atoms with Gasteiger partial charge in [-0.2, -0.15) is 5.10 Å². The molecular weight excluding hydrogens is 236 g/mol. The standard InChI is InChI=1S/C16H16N2O/c1-3-12-18-16(19)11-10-15(17-18)9-8-14-6-4-13(2)5-7-14/h3-11H,1,12H2,2H3/b9-8+. The fourth-order valence-electron chi connectivity index (χ4n) is 1.67. The van der Waals surface area contributed by atoms with E-state index >= 15 is 0 Å². The quantitative estimate of drug-likeness (QED) is 0.784. The molecule has 1 aromatic heterocycles. The zero-order valence-corrected chi connectivity index (χ0v) is 10.9. The second kappa shape index (κ2) is 5.96. The zero-order chi connectivity index (χ0) is 13.7. The Bertz CT molecular complexity index is 651. The highest BCUT2D eigenvalue weighted by molar-refractivity contribution is 5.67. The largest absolute Gasteiger partial charge is 0.268 e. The molecule has 0 unspecified atom stereocenters. The number of rotatable bonds is 4. The molecular formula is C16H16N2O. The highest BCUT2D eigenvalue weighted by Crippen LogP contribution is 2.07. The molecule has 96 valence electrons. The van der Waals surface area contributed by atoms with E-state index in [4.69, 9.17) is 0 Å².